The lowest BCUT2D eigenvalue weighted by Gasteiger charge is -2.21. The Labute approximate surface area is 109 Å². The summed E-state index contributed by atoms with van der Waals surface area (Å²) in [5.41, 5.74) is 0. The van der Waals surface area contributed by atoms with Gasteiger partial charge in [0.05, 0.1) is 0 Å². The van der Waals surface area contributed by atoms with E-state index in [1.807, 2.05) is 6.92 Å². The molecule has 5 nitrogen and oxygen atoms in total. The third-order valence-electron chi connectivity index (χ3n) is 2.90. The summed E-state index contributed by atoms with van der Waals surface area (Å²) in [4.78, 5) is 21.0. The van der Waals surface area contributed by atoms with E-state index in [4.69, 9.17) is 5.11 Å². The van der Waals surface area contributed by atoms with Crippen LogP contribution in [0.1, 0.15) is 52.4 Å². The number of carboxylic acid groups (broad SMARTS) is 1. The molecule has 0 aromatic rings. The fraction of sp³-hybridized carbons (Fsp3) is 0.846. The molecule has 0 fully saturated rings. The van der Waals surface area contributed by atoms with Gasteiger partial charge in [-0.1, -0.05) is 33.1 Å². The van der Waals surface area contributed by atoms with Crippen LogP contribution in [0.5, 0.6) is 0 Å². The van der Waals surface area contributed by atoms with Crippen molar-refractivity contribution in [3.8, 4) is 0 Å². The molecule has 0 amide bonds. The van der Waals surface area contributed by atoms with Crippen LogP contribution in [0.15, 0.2) is 0 Å². The average molecular weight is 258 g/mol. The molecule has 0 saturated heterocycles. The van der Waals surface area contributed by atoms with Gasteiger partial charge in [-0.25, -0.2) is 0 Å². The Hall–Kier alpha value is -0.940. The van der Waals surface area contributed by atoms with E-state index >= 15 is 0 Å². The Morgan fingerprint density at radius 2 is 2.06 bits per heavy atom. The molecule has 105 valence electrons. The number of carbonyl (C=O) groups is 1. The lowest BCUT2D eigenvalue weighted by Crippen LogP contribution is -2.44. The van der Waals surface area contributed by atoms with Crippen LogP contribution in [0.25, 0.3) is 0 Å². The summed E-state index contributed by atoms with van der Waals surface area (Å²) in [7, 11) is 0. The van der Waals surface area contributed by atoms with Gasteiger partial charge in [-0.05, 0) is 18.8 Å². The van der Waals surface area contributed by atoms with E-state index in [-0.39, 0.29) is 12.8 Å². The molecule has 3 N–H and O–H groups in total. The number of carboxylic acids is 1. The van der Waals surface area contributed by atoms with Crippen molar-refractivity contribution in [3.63, 3.8) is 0 Å². The Kier molecular flexibility index (Phi) is 9.50. The molecule has 0 aliphatic rings. The summed E-state index contributed by atoms with van der Waals surface area (Å²) in [6.45, 7) is 4.15. The molecule has 0 saturated carbocycles. The van der Waals surface area contributed by atoms with Crippen LogP contribution in [0.2, 0.25) is 0 Å². The van der Waals surface area contributed by atoms with Gasteiger partial charge in [0.25, 0.3) is 0 Å². The topological polar surface area (TPSA) is 86.6 Å². The summed E-state index contributed by atoms with van der Waals surface area (Å²) in [6, 6.07) is -0.889. The molecule has 0 spiro atoms. The third kappa shape index (κ3) is 8.20. The molecular formula is C13H24NO4. The van der Waals surface area contributed by atoms with Crippen molar-refractivity contribution in [2.75, 3.05) is 0 Å². The zero-order chi connectivity index (χ0) is 14.0. The molecule has 0 rings (SSSR count). The van der Waals surface area contributed by atoms with Gasteiger partial charge in [-0.2, -0.15) is 0 Å². The molecule has 0 aromatic carbocycles. The Morgan fingerprint density at radius 1 is 1.39 bits per heavy atom. The molecule has 0 bridgehead atoms. The lowest BCUT2D eigenvalue weighted by molar-refractivity contribution is -0.140. The lowest BCUT2D eigenvalue weighted by atomic mass is 9.99. The highest BCUT2D eigenvalue weighted by molar-refractivity contribution is 5.73. The molecule has 1 unspecified atom stereocenters. The van der Waals surface area contributed by atoms with Crippen molar-refractivity contribution in [2.24, 2.45) is 5.92 Å². The summed E-state index contributed by atoms with van der Waals surface area (Å²) in [5, 5.41) is 21.3. The van der Waals surface area contributed by atoms with Gasteiger partial charge in [0.2, 0.25) is 0 Å². The number of unbranched alkanes of at least 4 members (excludes halogenated alkanes) is 1. The minimum absolute atomic E-state index is 0.0576. The van der Waals surface area contributed by atoms with Crippen molar-refractivity contribution in [1.82, 2.24) is 5.32 Å². The van der Waals surface area contributed by atoms with E-state index in [1.165, 1.54) is 0 Å². The number of rotatable bonds is 11. The van der Waals surface area contributed by atoms with Crippen molar-refractivity contribution in [3.05, 3.63) is 0 Å². The zero-order valence-corrected chi connectivity index (χ0v) is 11.2. The second-order valence-electron chi connectivity index (χ2n) is 4.74. The molecule has 1 radical (unpaired) electrons. The largest absolute Gasteiger partial charge is 0.480 e. The molecule has 5 heteroatoms. The fourth-order valence-corrected chi connectivity index (χ4v) is 1.83. The van der Waals surface area contributed by atoms with Crippen LogP contribution >= 0.6 is 0 Å². The average Bonchev–Trinajstić information content (AvgIpc) is 2.31. The van der Waals surface area contributed by atoms with Crippen LogP contribution in [0.3, 0.4) is 0 Å². The van der Waals surface area contributed by atoms with Crippen LogP contribution in [-0.2, 0) is 9.59 Å². The van der Waals surface area contributed by atoms with Gasteiger partial charge in [0.1, 0.15) is 12.3 Å². The van der Waals surface area contributed by atoms with Crippen molar-refractivity contribution in [1.29, 1.82) is 0 Å². The minimum Gasteiger partial charge on any atom is -0.480 e. The van der Waals surface area contributed by atoms with Crippen LogP contribution in [0.4, 0.5) is 0 Å². The summed E-state index contributed by atoms with van der Waals surface area (Å²) in [6.07, 6.45) is 4.79. The third-order valence-corrected chi connectivity index (χ3v) is 2.90. The highest BCUT2D eigenvalue weighted by Gasteiger charge is 2.20. The van der Waals surface area contributed by atoms with Gasteiger partial charge >= 0.3 is 5.97 Å². The van der Waals surface area contributed by atoms with E-state index in [0.29, 0.717) is 12.3 Å². The molecule has 0 aromatic heterocycles. The molecule has 0 heterocycles. The van der Waals surface area contributed by atoms with E-state index < -0.39 is 18.2 Å². The van der Waals surface area contributed by atoms with E-state index in [1.54, 1.807) is 6.29 Å². The monoisotopic (exact) mass is 258 g/mol. The second-order valence-corrected chi connectivity index (χ2v) is 4.74. The first kappa shape index (κ1) is 17.1. The normalized spacial score (nSPS) is 15.9. The van der Waals surface area contributed by atoms with Gasteiger partial charge in [0.15, 0.2) is 6.29 Å². The highest BCUT2D eigenvalue weighted by atomic mass is 16.4. The van der Waals surface area contributed by atoms with E-state index in [2.05, 4.69) is 12.2 Å². The first-order valence-electron chi connectivity index (χ1n) is 6.53. The first-order valence-corrected chi connectivity index (χ1v) is 6.53. The molecule has 3 atom stereocenters. The number of aliphatic hydroxyl groups excluding tert-OH is 1. The van der Waals surface area contributed by atoms with Gasteiger partial charge in [0, 0.05) is 6.42 Å². The van der Waals surface area contributed by atoms with Crippen molar-refractivity contribution in [2.45, 2.75) is 64.6 Å². The standard InChI is InChI=1S/C13H24NO4/c1-3-4-6-10(2)9-12(16)14-11(13(17)18)7-5-8-15/h10-12,14,16H,3-7,9H2,1-2H3,(H,17,18)/t10-,11-,12?/m0/s1. The first-order chi connectivity index (χ1) is 8.51. The van der Waals surface area contributed by atoms with Crippen LogP contribution in [-0.4, -0.2) is 34.7 Å². The Bertz CT molecular complexity index is 245. The van der Waals surface area contributed by atoms with Gasteiger partial charge < -0.3 is 10.2 Å². The summed E-state index contributed by atoms with van der Waals surface area (Å²) < 4.78 is 0. The molecule has 0 aliphatic heterocycles. The predicted molar refractivity (Wildman–Crippen MR) is 68.8 cm³/mol. The maximum Gasteiger partial charge on any atom is 0.320 e. The van der Waals surface area contributed by atoms with Crippen LogP contribution in [0, 0.1) is 5.92 Å². The number of nitrogens with one attached hydrogen (secondary N) is 1. The zero-order valence-electron chi connectivity index (χ0n) is 11.2. The van der Waals surface area contributed by atoms with Gasteiger partial charge in [-0.3, -0.25) is 14.9 Å². The predicted octanol–water partition coefficient (Wildman–Crippen LogP) is 1.45. The van der Waals surface area contributed by atoms with Crippen molar-refractivity contribution < 1.29 is 19.8 Å². The molecular weight excluding hydrogens is 234 g/mol. The van der Waals surface area contributed by atoms with Crippen LogP contribution < -0.4 is 5.32 Å². The maximum atomic E-state index is 10.9. The maximum absolute atomic E-state index is 10.9. The fourth-order valence-electron chi connectivity index (χ4n) is 1.83. The van der Waals surface area contributed by atoms with E-state index in [0.717, 1.165) is 19.3 Å². The molecule has 18 heavy (non-hydrogen) atoms. The number of carbonyl (C=O) groups excluding carboxylic acids is 1. The number of hydrogen-bond acceptors (Lipinski definition) is 4. The summed E-state index contributed by atoms with van der Waals surface area (Å²) >= 11 is 0. The van der Waals surface area contributed by atoms with Crippen molar-refractivity contribution >= 4 is 12.3 Å². The smallest absolute Gasteiger partial charge is 0.320 e. The summed E-state index contributed by atoms with van der Waals surface area (Å²) in [5.74, 6) is -0.704. The van der Waals surface area contributed by atoms with Gasteiger partial charge in [-0.15, -0.1) is 0 Å². The second kappa shape index (κ2) is 10.0. The molecule has 0 aliphatic carbocycles. The Balaban J connectivity index is 4.03. The Morgan fingerprint density at radius 3 is 2.56 bits per heavy atom. The van der Waals surface area contributed by atoms with E-state index in [9.17, 15) is 14.7 Å². The quantitative estimate of drug-likeness (QED) is 0.488. The highest BCUT2D eigenvalue weighted by Crippen LogP contribution is 2.13. The minimum atomic E-state index is -1.05. The number of aliphatic hydroxyl groups is 1. The number of hydrogen-bond donors (Lipinski definition) is 3. The number of aliphatic carboxylic acids is 1. The SMILES string of the molecule is CCCC[C@H](C)CC(O)N[C@@H](CC[C]=O)C(=O)O.